The normalized spacial score (nSPS) is 10.5. The van der Waals surface area contributed by atoms with Gasteiger partial charge in [-0.05, 0) is 42.5 Å². The number of anilines is 2. The summed E-state index contributed by atoms with van der Waals surface area (Å²) in [5, 5.41) is 14.9. The maximum absolute atomic E-state index is 12.1. The SMILES string of the molecule is COc1ccc(NCc2nnc(SCC(=O)Nc3cc(Cl)ccc3Cl)o2)cc1. The van der Waals surface area contributed by atoms with Gasteiger partial charge < -0.3 is 19.8 Å². The van der Waals surface area contributed by atoms with Crippen molar-refractivity contribution in [2.75, 3.05) is 23.5 Å². The Labute approximate surface area is 175 Å². The van der Waals surface area contributed by atoms with Crippen molar-refractivity contribution in [3.8, 4) is 5.75 Å². The number of thioether (sulfide) groups is 1. The minimum absolute atomic E-state index is 0.0936. The summed E-state index contributed by atoms with van der Waals surface area (Å²) in [6.45, 7) is 0.365. The Morgan fingerprint density at radius 2 is 1.96 bits per heavy atom. The van der Waals surface area contributed by atoms with E-state index < -0.39 is 0 Å². The minimum atomic E-state index is -0.259. The average Bonchev–Trinajstić information content (AvgIpc) is 3.16. The maximum Gasteiger partial charge on any atom is 0.277 e. The van der Waals surface area contributed by atoms with Crippen LogP contribution in [0.5, 0.6) is 5.75 Å². The molecule has 0 spiro atoms. The molecule has 2 aromatic carbocycles. The number of amides is 1. The molecule has 0 aliphatic rings. The first-order valence-electron chi connectivity index (χ1n) is 8.11. The predicted molar refractivity (Wildman–Crippen MR) is 110 cm³/mol. The van der Waals surface area contributed by atoms with Gasteiger partial charge in [-0.2, -0.15) is 0 Å². The van der Waals surface area contributed by atoms with Crippen LogP contribution in [0.25, 0.3) is 0 Å². The Morgan fingerprint density at radius 1 is 1.18 bits per heavy atom. The summed E-state index contributed by atoms with van der Waals surface area (Å²) in [5.74, 6) is 1.03. The van der Waals surface area contributed by atoms with Crippen LogP contribution in [0.2, 0.25) is 10.0 Å². The summed E-state index contributed by atoms with van der Waals surface area (Å²) >= 11 is 13.1. The fraction of sp³-hybridized carbons (Fsp3) is 0.167. The summed E-state index contributed by atoms with van der Waals surface area (Å²) in [7, 11) is 1.62. The molecule has 7 nitrogen and oxygen atoms in total. The van der Waals surface area contributed by atoms with Crippen LogP contribution in [0.4, 0.5) is 11.4 Å². The zero-order chi connectivity index (χ0) is 19.9. The number of aromatic nitrogens is 2. The van der Waals surface area contributed by atoms with Crippen molar-refractivity contribution >= 4 is 52.2 Å². The lowest BCUT2D eigenvalue weighted by Gasteiger charge is -2.06. The second-order valence-electron chi connectivity index (χ2n) is 5.50. The van der Waals surface area contributed by atoms with Gasteiger partial charge in [0.1, 0.15) is 5.75 Å². The third-order valence-electron chi connectivity index (χ3n) is 3.51. The Hall–Kier alpha value is -2.42. The highest BCUT2D eigenvalue weighted by Gasteiger charge is 2.11. The van der Waals surface area contributed by atoms with Crippen LogP contribution in [0.15, 0.2) is 52.1 Å². The average molecular weight is 439 g/mol. The highest BCUT2D eigenvalue weighted by atomic mass is 35.5. The van der Waals surface area contributed by atoms with Crippen molar-refractivity contribution in [2.45, 2.75) is 11.8 Å². The van der Waals surface area contributed by atoms with E-state index in [2.05, 4.69) is 20.8 Å². The minimum Gasteiger partial charge on any atom is -0.497 e. The van der Waals surface area contributed by atoms with Crippen LogP contribution in [0.3, 0.4) is 0 Å². The van der Waals surface area contributed by atoms with Crippen LogP contribution in [0, 0.1) is 0 Å². The van der Waals surface area contributed by atoms with E-state index in [0.29, 0.717) is 33.4 Å². The van der Waals surface area contributed by atoms with Crippen molar-refractivity contribution in [1.29, 1.82) is 0 Å². The fourth-order valence-electron chi connectivity index (χ4n) is 2.16. The van der Waals surface area contributed by atoms with E-state index in [-0.39, 0.29) is 11.7 Å². The lowest BCUT2D eigenvalue weighted by Crippen LogP contribution is -2.14. The summed E-state index contributed by atoms with van der Waals surface area (Å²) in [5.41, 5.74) is 1.35. The van der Waals surface area contributed by atoms with Gasteiger partial charge >= 0.3 is 0 Å². The monoisotopic (exact) mass is 438 g/mol. The van der Waals surface area contributed by atoms with Gasteiger partial charge in [-0.1, -0.05) is 35.0 Å². The van der Waals surface area contributed by atoms with Crippen molar-refractivity contribution in [2.24, 2.45) is 0 Å². The first-order chi connectivity index (χ1) is 13.5. The number of ether oxygens (including phenoxy) is 1. The number of nitrogens with one attached hydrogen (secondary N) is 2. The number of halogens is 2. The standard InChI is InChI=1S/C18H16Cl2N4O3S/c1-26-13-5-3-12(4-6-13)21-9-17-23-24-18(27-17)28-10-16(25)22-15-8-11(19)2-7-14(15)20/h2-8,21H,9-10H2,1H3,(H,22,25). The summed E-state index contributed by atoms with van der Waals surface area (Å²) < 4.78 is 10.6. The van der Waals surface area contributed by atoms with Gasteiger partial charge in [-0.15, -0.1) is 10.2 Å². The molecule has 1 heterocycles. The number of carbonyl (C=O) groups excluding carboxylic acids is 1. The first-order valence-corrected chi connectivity index (χ1v) is 9.85. The van der Waals surface area contributed by atoms with Crippen molar-refractivity contribution in [1.82, 2.24) is 10.2 Å². The van der Waals surface area contributed by atoms with Crippen molar-refractivity contribution in [3.05, 3.63) is 58.4 Å². The molecule has 3 rings (SSSR count). The molecule has 28 heavy (non-hydrogen) atoms. The lowest BCUT2D eigenvalue weighted by molar-refractivity contribution is -0.113. The molecule has 0 aliphatic heterocycles. The lowest BCUT2D eigenvalue weighted by atomic mass is 10.3. The Bertz CT molecular complexity index is 950. The maximum atomic E-state index is 12.1. The topological polar surface area (TPSA) is 89.3 Å². The van der Waals surface area contributed by atoms with Gasteiger partial charge in [0.2, 0.25) is 11.8 Å². The van der Waals surface area contributed by atoms with Crippen LogP contribution in [0.1, 0.15) is 5.89 Å². The van der Waals surface area contributed by atoms with Gasteiger partial charge in [-0.25, -0.2) is 0 Å². The van der Waals surface area contributed by atoms with E-state index in [9.17, 15) is 4.79 Å². The summed E-state index contributed by atoms with van der Waals surface area (Å²) in [6.07, 6.45) is 0. The molecule has 3 aromatic rings. The molecule has 0 saturated carbocycles. The fourth-order valence-corrected chi connectivity index (χ4v) is 3.08. The molecular formula is C18H16Cl2N4O3S. The van der Waals surface area contributed by atoms with Crippen LogP contribution in [-0.4, -0.2) is 29.0 Å². The molecule has 0 aliphatic carbocycles. The molecule has 2 N–H and O–H groups in total. The Kier molecular flexibility index (Phi) is 7.02. The number of methoxy groups -OCH3 is 1. The first kappa shape index (κ1) is 20.3. The third-order valence-corrected chi connectivity index (χ3v) is 4.89. The molecule has 0 unspecified atom stereocenters. The number of nitrogens with zero attached hydrogens (tertiary/aromatic N) is 2. The Balaban J connectivity index is 1.47. The molecule has 10 heteroatoms. The van der Waals surface area contributed by atoms with Crippen LogP contribution in [-0.2, 0) is 11.3 Å². The van der Waals surface area contributed by atoms with E-state index in [0.717, 1.165) is 23.2 Å². The molecule has 0 radical (unpaired) electrons. The molecular weight excluding hydrogens is 423 g/mol. The van der Waals surface area contributed by atoms with Gasteiger partial charge in [-0.3, -0.25) is 4.79 Å². The van der Waals surface area contributed by atoms with Crippen molar-refractivity contribution < 1.29 is 13.9 Å². The van der Waals surface area contributed by atoms with E-state index in [4.69, 9.17) is 32.4 Å². The number of benzene rings is 2. The number of rotatable bonds is 8. The zero-order valence-electron chi connectivity index (χ0n) is 14.7. The van der Waals surface area contributed by atoms with Gasteiger partial charge in [0.05, 0.1) is 30.1 Å². The zero-order valence-corrected chi connectivity index (χ0v) is 17.1. The number of hydrogen-bond acceptors (Lipinski definition) is 7. The smallest absolute Gasteiger partial charge is 0.277 e. The summed E-state index contributed by atoms with van der Waals surface area (Å²) in [4.78, 5) is 12.1. The van der Waals surface area contributed by atoms with Crippen LogP contribution < -0.4 is 15.4 Å². The molecule has 0 fully saturated rings. The van der Waals surface area contributed by atoms with E-state index >= 15 is 0 Å². The highest BCUT2D eigenvalue weighted by Crippen LogP contribution is 2.26. The van der Waals surface area contributed by atoms with Gasteiger partial charge in [0, 0.05) is 10.7 Å². The number of carbonyl (C=O) groups is 1. The molecule has 0 saturated heterocycles. The molecule has 1 amide bonds. The van der Waals surface area contributed by atoms with Gasteiger partial charge in [0.15, 0.2) is 0 Å². The molecule has 0 bridgehead atoms. The van der Waals surface area contributed by atoms with E-state index in [1.54, 1.807) is 25.3 Å². The molecule has 0 atom stereocenters. The van der Waals surface area contributed by atoms with Crippen molar-refractivity contribution in [3.63, 3.8) is 0 Å². The second-order valence-corrected chi connectivity index (χ2v) is 7.28. The number of hydrogen-bond donors (Lipinski definition) is 2. The second kappa shape index (κ2) is 9.68. The van der Waals surface area contributed by atoms with Gasteiger partial charge in [0.25, 0.3) is 5.22 Å². The van der Waals surface area contributed by atoms with E-state index in [1.807, 2.05) is 24.3 Å². The van der Waals surface area contributed by atoms with E-state index in [1.165, 1.54) is 0 Å². The Morgan fingerprint density at radius 3 is 2.71 bits per heavy atom. The quantitative estimate of drug-likeness (QED) is 0.491. The predicted octanol–water partition coefficient (Wildman–Crippen LogP) is 4.73. The summed E-state index contributed by atoms with van der Waals surface area (Å²) in [6, 6.07) is 12.3. The van der Waals surface area contributed by atoms with Crippen LogP contribution >= 0.6 is 35.0 Å². The third kappa shape index (κ3) is 5.79. The highest BCUT2D eigenvalue weighted by molar-refractivity contribution is 7.99. The largest absolute Gasteiger partial charge is 0.497 e. The molecule has 1 aromatic heterocycles. The molecule has 146 valence electrons.